The molecule has 0 fully saturated rings. The first kappa shape index (κ1) is 19.1. The van der Waals surface area contributed by atoms with Crippen LogP contribution in [0.3, 0.4) is 0 Å². The Morgan fingerprint density at radius 1 is 0.926 bits per heavy atom. The van der Waals surface area contributed by atoms with Gasteiger partial charge in [0.2, 0.25) is 10.0 Å². The van der Waals surface area contributed by atoms with Crippen LogP contribution in [0, 0.1) is 13.8 Å². The van der Waals surface area contributed by atoms with E-state index in [4.69, 9.17) is 5.14 Å². The van der Waals surface area contributed by atoms with Gasteiger partial charge in [-0.05, 0) is 50.2 Å². The zero-order valence-corrected chi connectivity index (χ0v) is 16.3. The van der Waals surface area contributed by atoms with E-state index in [1.54, 1.807) is 18.5 Å². The SMILES string of the molecule is Cc1nn(-c2ccccc2)c(C)c1S(=O)(=O)Nc1ccc(S(N)(=O)=O)cc1. The Morgan fingerprint density at radius 3 is 2.07 bits per heavy atom. The summed E-state index contributed by atoms with van der Waals surface area (Å²) in [5, 5.41) is 9.38. The minimum Gasteiger partial charge on any atom is -0.280 e. The van der Waals surface area contributed by atoms with Gasteiger partial charge in [0.05, 0.1) is 22.0 Å². The number of hydrogen-bond donors (Lipinski definition) is 2. The van der Waals surface area contributed by atoms with Gasteiger partial charge in [0, 0.05) is 5.69 Å². The molecule has 0 bridgehead atoms. The number of para-hydroxylation sites is 1. The second-order valence-electron chi connectivity index (χ2n) is 5.92. The molecule has 0 saturated heterocycles. The summed E-state index contributed by atoms with van der Waals surface area (Å²) in [5.74, 6) is 0. The van der Waals surface area contributed by atoms with Gasteiger partial charge in [-0.15, -0.1) is 0 Å². The van der Waals surface area contributed by atoms with E-state index in [0.717, 1.165) is 5.69 Å². The number of hydrogen-bond acceptors (Lipinski definition) is 5. The summed E-state index contributed by atoms with van der Waals surface area (Å²) in [6.45, 7) is 3.29. The summed E-state index contributed by atoms with van der Waals surface area (Å²) in [4.78, 5) is -0.0309. The normalized spacial score (nSPS) is 12.1. The monoisotopic (exact) mass is 406 g/mol. The van der Waals surface area contributed by atoms with Crippen LogP contribution in [0.4, 0.5) is 5.69 Å². The molecule has 0 saturated carbocycles. The molecule has 3 rings (SSSR count). The van der Waals surface area contributed by atoms with E-state index in [0.29, 0.717) is 11.4 Å². The highest BCUT2D eigenvalue weighted by molar-refractivity contribution is 7.92. The Labute approximate surface area is 157 Å². The first-order valence-electron chi connectivity index (χ1n) is 7.87. The molecule has 0 aliphatic carbocycles. The van der Waals surface area contributed by atoms with Crippen LogP contribution in [0.25, 0.3) is 5.69 Å². The van der Waals surface area contributed by atoms with Crippen LogP contribution in [0.1, 0.15) is 11.4 Å². The quantitative estimate of drug-likeness (QED) is 0.670. The van der Waals surface area contributed by atoms with Gasteiger partial charge in [0.1, 0.15) is 4.90 Å². The molecule has 0 unspecified atom stereocenters. The topological polar surface area (TPSA) is 124 Å². The number of benzene rings is 2. The van der Waals surface area contributed by atoms with E-state index in [1.165, 1.54) is 24.3 Å². The third-order valence-corrected chi connectivity index (χ3v) is 6.49. The lowest BCUT2D eigenvalue weighted by Crippen LogP contribution is -2.15. The molecule has 8 nitrogen and oxygen atoms in total. The van der Waals surface area contributed by atoms with E-state index in [2.05, 4.69) is 9.82 Å². The van der Waals surface area contributed by atoms with E-state index >= 15 is 0 Å². The molecule has 3 aromatic rings. The van der Waals surface area contributed by atoms with E-state index in [1.807, 2.05) is 30.3 Å². The van der Waals surface area contributed by atoms with Crippen molar-refractivity contribution in [1.29, 1.82) is 0 Å². The average molecular weight is 406 g/mol. The van der Waals surface area contributed by atoms with Crippen molar-refractivity contribution >= 4 is 25.7 Å². The maximum atomic E-state index is 12.9. The Morgan fingerprint density at radius 2 is 1.52 bits per heavy atom. The highest BCUT2D eigenvalue weighted by Gasteiger charge is 2.25. The lowest BCUT2D eigenvalue weighted by atomic mass is 10.3. The van der Waals surface area contributed by atoms with Gasteiger partial charge < -0.3 is 0 Å². The fourth-order valence-electron chi connectivity index (χ4n) is 2.76. The molecule has 0 radical (unpaired) electrons. The summed E-state index contributed by atoms with van der Waals surface area (Å²) in [6, 6.07) is 14.3. The van der Waals surface area contributed by atoms with Gasteiger partial charge in [0.15, 0.2) is 0 Å². The number of aryl methyl sites for hydroxylation is 1. The molecule has 10 heteroatoms. The molecular weight excluding hydrogens is 388 g/mol. The van der Waals surface area contributed by atoms with Crippen LogP contribution in [-0.4, -0.2) is 26.6 Å². The van der Waals surface area contributed by atoms with Crippen LogP contribution in [0.5, 0.6) is 0 Å². The predicted molar refractivity (Wildman–Crippen MR) is 102 cm³/mol. The van der Waals surface area contributed by atoms with Gasteiger partial charge in [0.25, 0.3) is 10.0 Å². The molecule has 0 spiro atoms. The average Bonchev–Trinajstić information content (AvgIpc) is 2.90. The van der Waals surface area contributed by atoms with Gasteiger partial charge in [-0.25, -0.2) is 26.7 Å². The summed E-state index contributed by atoms with van der Waals surface area (Å²) in [5.41, 5.74) is 1.78. The van der Waals surface area contributed by atoms with Crippen LogP contribution in [-0.2, 0) is 20.0 Å². The van der Waals surface area contributed by atoms with Gasteiger partial charge in [-0.1, -0.05) is 18.2 Å². The minimum atomic E-state index is -3.92. The Bertz CT molecular complexity index is 1180. The van der Waals surface area contributed by atoms with Crippen molar-refractivity contribution in [1.82, 2.24) is 9.78 Å². The van der Waals surface area contributed by atoms with Crippen LogP contribution < -0.4 is 9.86 Å². The summed E-state index contributed by atoms with van der Waals surface area (Å²) in [7, 11) is -7.77. The highest BCUT2D eigenvalue weighted by Crippen LogP contribution is 2.25. The van der Waals surface area contributed by atoms with E-state index in [-0.39, 0.29) is 15.5 Å². The van der Waals surface area contributed by atoms with Crippen molar-refractivity contribution in [3.05, 3.63) is 66.0 Å². The predicted octanol–water partition coefficient (Wildman–Crippen LogP) is 1.94. The number of nitrogens with zero attached hydrogens (tertiary/aromatic N) is 2. The molecule has 0 amide bonds. The summed E-state index contributed by atoms with van der Waals surface area (Å²) >= 11 is 0. The zero-order valence-electron chi connectivity index (χ0n) is 14.6. The summed E-state index contributed by atoms with van der Waals surface area (Å²) in [6.07, 6.45) is 0. The minimum absolute atomic E-state index is 0.0712. The standard InChI is InChI=1S/C17H18N4O4S2/c1-12-17(13(2)21(19-12)15-6-4-3-5-7-15)27(24,25)20-14-8-10-16(11-9-14)26(18,22)23/h3-11,20H,1-2H3,(H2,18,22,23). The van der Waals surface area contributed by atoms with E-state index in [9.17, 15) is 16.8 Å². The molecule has 1 aromatic heterocycles. The number of nitrogens with two attached hydrogens (primary N) is 1. The van der Waals surface area contributed by atoms with Gasteiger partial charge >= 0.3 is 0 Å². The van der Waals surface area contributed by atoms with Crippen molar-refractivity contribution in [3.8, 4) is 5.69 Å². The zero-order chi connectivity index (χ0) is 19.8. The molecule has 2 aromatic carbocycles. The van der Waals surface area contributed by atoms with Crippen LogP contribution in [0.15, 0.2) is 64.4 Å². The van der Waals surface area contributed by atoms with Crippen molar-refractivity contribution in [2.24, 2.45) is 5.14 Å². The first-order valence-corrected chi connectivity index (χ1v) is 10.9. The third-order valence-electron chi connectivity index (χ3n) is 3.93. The van der Waals surface area contributed by atoms with Gasteiger partial charge in [-0.2, -0.15) is 5.10 Å². The smallest absolute Gasteiger partial charge is 0.265 e. The molecule has 0 aliphatic heterocycles. The van der Waals surface area contributed by atoms with Crippen LogP contribution in [0.2, 0.25) is 0 Å². The number of primary sulfonamides is 1. The first-order chi connectivity index (χ1) is 12.6. The maximum absolute atomic E-state index is 12.9. The van der Waals surface area contributed by atoms with Crippen molar-refractivity contribution in [2.45, 2.75) is 23.6 Å². The van der Waals surface area contributed by atoms with E-state index < -0.39 is 20.0 Å². The Kier molecular flexibility index (Phi) is 4.81. The second-order valence-corrected chi connectivity index (χ2v) is 9.10. The van der Waals surface area contributed by atoms with Crippen molar-refractivity contribution in [2.75, 3.05) is 4.72 Å². The second kappa shape index (κ2) is 6.80. The molecule has 3 N–H and O–H groups in total. The maximum Gasteiger partial charge on any atom is 0.265 e. The molecule has 27 heavy (non-hydrogen) atoms. The fourth-order valence-corrected chi connectivity index (χ4v) is 4.73. The lowest BCUT2D eigenvalue weighted by Gasteiger charge is -2.09. The third kappa shape index (κ3) is 3.87. The Hall–Kier alpha value is -2.69. The molecule has 0 atom stereocenters. The number of nitrogens with one attached hydrogen (secondary N) is 1. The number of anilines is 1. The van der Waals surface area contributed by atoms with Gasteiger partial charge in [-0.3, -0.25) is 4.72 Å². The number of sulfonamides is 2. The van der Waals surface area contributed by atoms with Crippen LogP contribution >= 0.6 is 0 Å². The molecule has 1 heterocycles. The van der Waals surface area contributed by atoms with Crippen molar-refractivity contribution in [3.63, 3.8) is 0 Å². The highest BCUT2D eigenvalue weighted by atomic mass is 32.2. The number of rotatable bonds is 5. The molecule has 142 valence electrons. The Balaban J connectivity index is 1.97. The molecule has 0 aliphatic rings. The largest absolute Gasteiger partial charge is 0.280 e. The summed E-state index contributed by atoms with van der Waals surface area (Å²) < 4.78 is 52.3. The van der Waals surface area contributed by atoms with Crippen molar-refractivity contribution < 1.29 is 16.8 Å². The number of aromatic nitrogens is 2. The lowest BCUT2D eigenvalue weighted by molar-refractivity contribution is 0.597. The fraction of sp³-hybridized carbons (Fsp3) is 0.118. The molecular formula is C17H18N4O4S2.